The van der Waals surface area contributed by atoms with Crippen LogP contribution in [-0.2, 0) is 12.8 Å². The Labute approximate surface area is 142 Å². The number of hydrogen-bond donors (Lipinski definition) is 3. The highest BCUT2D eigenvalue weighted by atomic mass is 32.1. The lowest BCUT2D eigenvalue weighted by Gasteiger charge is -2.08. The molecule has 128 valence electrons. The smallest absolute Gasteiger partial charge is 0.355 e. The molecule has 0 spiro atoms. The summed E-state index contributed by atoms with van der Waals surface area (Å²) in [6.45, 7) is 4.38. The molecule has 8 heteroatoms. The summed E-state index contributed by atoms with van der Waals surface area (Å²) in [6.07, 6.45) is 1.12. The second kappa shape index (κ2) is 7.87. The van der Waals surface area contributed by atoms with Gasteiger partial charge in [-0.1, -0.05) is 13.8 Å². The molecule has 0 saturated carbocycles. The van der Waals surface area contributed by atoms with Crippen LogP contribution in [0.25, 0.3) is 0 Å². The van der Waals surface area contributed by atoms with Gasteiger partial charge in [0.15, 0.2) is 5.69 Å². The van der Waals surface area contributed by atoms with Crippen LogP contribution in [0.3, 0.4) is 0 Å². The van der Waals surface area contributed by atoms with Crippen LogP contribution >= 0.6 is 11.3 Å². The van der Waals surface area contributed by atoms with Crippen molar-refractivity contribution in [2.75, 3.05) is 6.54 Å². The molecule has 2 aromatic heterocycles. The van der Waals surface area contributed by atoms with Crippen LogP contribution in [0, 0.1) is 5.92 Å². The van der Waals surface area contributed by atoms with E-state index in [2.05, 4.69) is 15.3 Å². The van der Waals surface area contributed by atoms with Gasteiger partial charge in [-0.05, 0) is 18.4 Å². The van der Waals surface area contributed by atoms with E-state index in [1.54, 1.807) is 6.07 Å². The summed E-state index contributed by atoms with van der Waals surface area (Å²) in [4.78, 5) is 41.3. The summed E-state index contributed by atoms with van der Waals surface area (Å²) in [5, 5.41) is 13.6. The number of amides is 1. The normalized spacial score (nSPS) is 10.8. The van der Waals surface area contributed by atoms with Crippen LogP contribution in [0.5, 0.6) is 0 Å². The number of carbonyl (C=O) groups excluding carboxylic acids is 1. The van der Waals surface area contributed by atoms with E-state index in [4.69, 9.17) is 5.11 Å². The van der Waals surface area contributed by atoms with Crippen LogP contribution < -0.4 is 10.9 Å². The Morgan fingerprint density at radius 2 is 2.12 bits per heavy atom. The monoisotopic (exact) mass is 349 g/mol. The molecule has 7 nitrogen and oxygen atoms in total. The minimum Gasteiger partial charge on any atom is -0.476 e. The Hall–Kier alpha value is -2.48. The maximum atomic E-state index is 12.2. The first-order valence-corrected chi connectivity index (χ1v) is 8.42. The number of H-pyrrole nitrogens is 1. The molecule has 1 amide bonds. The summed E-state index contributed by atoms with van der Waals surface area (Å²) in [7, 11) is 0. The molecule has 0 atom stereocenters. The van der Waals surface area contributed by atoms with Crippen molar-refractivity contribution in [3.63, 3.8) is 0 Å². The third-order valence-electron chi connectivity index (χ3n) is 3.19. The number of rotatable bonds is 7. The number of aromatic nitrogens is 2. The number of pyridine rings is 1. The van der Waals surface area contributed by atoms with E-state index in [9.17, 15) is 14.4 Å². The van der Waals surface area contributed by atoms with Crippen molar-refractivity contribution in [1.29, 1.82) is 0 Å². The van der Waals surface area contributed by atoms with Crippen molar-refractivity contribution >= 4 is 23.2 Å². The molecule has 0 fully saturated rings. The zero-order valence-electron chi connectivity index (χ0n) is 13.5. The highest BCUT2D eigenvalue weighted by Crippen LogP contribution is 2.10. The van der Waals surface area contributed by atoms with Crippen molar-refractivity contribution < 1.29 is 14.7 Å². The summed E-state index contributed by atoms with van der Waals surface area (Å²) in [6, 6.07) is 2.95. The average molecular weight is 349 g/mol. The largest absolute Gasteiger partial charge is 0.476 e. The molecule has 2 rings (SSSR count). The minimum atomic E-state index is -1.07. The lowest BCUT2D eigenvalue weighted by Crippen LogP contribution is -2.27. The first-order chi connectivity index (χ1) is 11.3. The molecule has 0 radical (unpaired) electrons. The number of aromatic carboxylic acids is 1. The third kappa shape index (κ3) is 5.02. The topological polar surface area (TPSA) is 112 Å². The third-order valence-corrected chi connectivity index (χ3v) is 4.09. The van der Waals surface area contributed by atoms with E-state index in [1.165, 1.54) is 22.8 Å². The van der Waals surface area contributed by atoms with E-state index in [1.807, 2.05) is 13.8 Å². The van der Waals surface area contributed by atoms with Gasteiger partial charge in [0.25, 0.3) is 5.91 Å². The fourth-order valence-electron chi connectivity index (χ4n) is 2.19. The lowest BCUT2D eigenvalue weighted by atomic mass is 10.1. The summed E-state index contributed by atoms with van der Waals surface area (Å²) in [5.41, 5.74) is 0.756. The Kier molecular flexibility index (Phi) is 5.86. The van der Waals surface area contributed by atoms with Gasteiger partial charge in [0.1, 0.15) is 0 Å². The number of carboxylic acids is 1. The van der Waals surface area contributed by atoms with Gasteiger partial charge in [0.2, 0.25) is 5.56 Å². The van der Waals surface area contributed by atoms with Gasteiger partial charge >= 0.3 is 5.97 Å². The zero-order valence-corrected chi connectivity index (χ0v) is 14.3. The molecule has 24 heavy (non-hydrogen) atoms. The van der Waals surface area contributed by atoms with Crippen molar-refractivity contribution in [3.05, 3.63) is 49.8 Å². The molecule has 0 aliphatic rings. The molecular weight excluding hydrogens is 330 g/mol. The predicted octanol–water partition coefficient (Wildman–Crippen LogP) is 1.70. The maximum absolute atomic E-state index is 12.2. The molecule has 0 bridgehead atoms. The highest BCUT2D eigenvalue weighted by Gasteiger charge is 2.11. The molecule has 0 unspecified atom stereocenters. The Morgan fingerprint density at radius 3 is 2.75 bits per heavy atom. The Bertz CT molecular complexity index is 795. The van der Waals surface area contributed by atoms with E-state index >= 15 is 0 Å². The molecule has 2 aromatic rings. The van der Waals surface area contributed by atoms with Crippen LogP contribution in [0.15, 0.2) is 22.3 Å². The van der Waals surface area contributed by atoms with Gasteiger partial charge in [-0.15, -0.1) is 11.3 Å². The number of nitrogens with zero attached hydrogens (tertiary/aromatic N) is 1. The van der Waals surface area contributed by atoms with Gasteiger partial charge in [0, 0.05) is 35.7 Å². The molecule has 2 heterocycles. The number of carbonyl (C=O) groups is 2. The second-order valence-corrected chi connectivity index (χ2v) is 6.74. The Morgan fingerprint density at radius 1 is 1.38 bits per heavy atom. The fraction of sp³-hybridized carbons (Fsp3) is 0.375. The van der Waals surface area contributed by atoms with Crippen LogP contribution in [0.2, 0.25) is 0 Å². The minimum absolute atomic E-state index is 0.00856. The fourth-order valence-corrected chi connectivity index (χ4v) is 2.96. The van der Waals surface area contributed by atoms with E-state index in [0.29, 0.717) is 35.9 Å². The van der Waals surface area contributed by atoms with Gasteiger partial charge in [0.05, 0.1) is 5.01 Å². The maximum Gasteiger partial charge on any atom is 0.355 e. The number of thiazole rings is 1. The SMILES string of the molecule is CC(C)Cc1cc(C(=O)NCCc2nc(C(=O)O)cs2)cc(=O)[nH]1. The van der Waals surface area contributed by atoms with Gasteiger partial charge in [-0.2, -0.15) is 0 Å². The Balaban J connectivity index is 1.95. The van der Waals surface area contributed by atoms with Gasteiger partial charge < -0.3 is 15.4 Å². The molecule has 3 N–H and O–H groups in total. The van der Waals surface area contributed by atoms with Gasteiger partial charge in [-0.25, -0.2) is 9.78 Å². The second-order valence-electron chi connectivity index (χ2n) is 5.79. The van der Waals surface area contributed by atoms with Crippen LogP contribution in [0.4, 0.5) is 0 Å². The lowest BCUT2D eigenvalue weighted by molar-refractivity contribution is 0.0690. The first kappa shape index (κ1) is 17.9. The average Bonchev–Trinajstić information content (AvgIpc) is 2.95. The number of nitrogens with one attached hydrogen (secondary N) is 2. The molecule has 0 saturated heterocycles. The zero-order chi connectivity index (χ0) is 17.7. The van der Waals surface area contributed by atoms with Crippen molar-refractivity contribution in [2.24, 2.45) is 5.92 Å². The first-order valence-electron chi connectivity index (χ1n) is 7.54. The summed E-state index contributed by atoms with van der Waals surface area (Å²) in [5.74, 6) is -1.03. The summed E-state index contributed by atoms with van der Waals surface area (Å²) < 4.78 is 0. The molecule has 0 aliphatic heterocycles. The summed E-state index contributed by atoms with van der Waals surface area (Å²) >= 11 is 1.24. The molecular formula is C16H19N3O4S. The standard InChI is InChI=1S/C16H19N3O4S/c1-9(2)5-11-6-10(7-13(20)18-11)15(21)17-4-3-14-19-12(8-24-14)16(22)23/h6-9H,3-5H2,1-2H3,(H,17,21)(H,18,20)(H,22,23). The number of hydrogen-bond acceptors (Lipinski definition) is 5. The highest BCUT2D eigenvalue weighted by molar-refractivity contribution is 7.09. The quantitative estimate of drug-likeness (QED) is 0.704. The van der Waals surface area contributed by atoms with Crippen molar-refractivity contribution in [2.45, 2.75) is 26.7 Å². The van der Waals surface area contributed by atoms with Crippen molar-refractivity contribution in [1.82, 2.24) is 15.3 Å². The molecule has 0 aromatic carbocycles. The van der Waals surface area contributed by atoms with E-state index in [0.717, 1.165) is 5.69 Å². The van der Waals surface area contributed by atoms with Crippen LogP contribution in [0.1, 0.15) is 45.4 Å². The number of aromatic amines is 1. The predicted molar refractivity (Wildman–Crippen MR) is 90.7 cm³/mol. The number of carboxylic acid groups (broad SMARTS) is 1. The van der Waals surface area contributed by atoms with Crippen molar-refractivity contribution in [3.8, 4) is 0 Å². The van der Waals surface area contributed by atoms with E-state index < -0.39 is 5.97 Å². The van der Waals surface area contributed by atoms with Gasteiger partial charge in [-0.3, -0.25) is 9.59 Å². The molecule has 0 aliphatic carbocycles. The van der Waals surface area contributed by atoms with E-state index in [-0.39, 0.29) is 17.2 Å². The van der Waals surface area contributed by atoms with Crippen LogP contribution in [-0.4, -0.2) is 33.5 Å².